The first kappa shape index (κ1) is 16.0. The summed E-state index contributed by atoms with van der Waals surface area (Å²) in [6.45, 7) is -0.423. The quantitative estimate of drug-likeness (QED) is 0.362. The minimum absolute atomic E-state index is 0.0994. The smallest absolute Gasteiger partial charge is 0.331 e. The maximum Gasteiger partial charge on any atom is 0.331 e. The molecule has 1 fully saturated rings. The highest BCUT2D eigenvalue weighted by Crippen LogP contribution is 2.35. The third-order valence-electron chi connectivity index (χ3n) is 4.03. The molecule has 0 bridgehead atoms. The third-order valence-corrected chi connectivity index (χ3v) is 4.83. The summed E-state index contributed by atoms with van der Waals surface area (Å²) in [4.78, 5) is 37.6. The number of rotatable bonds is 3. The van der Waals surface area contributed by atoms with Gasteiger partial charge in [0, 0.05) is 0 Å². The Morgan fingerprint density at radius 3 is 2.35 bits per heavy atom. The molecule has 3 rings (SSSR count). The molecule has 0 N–H and O–H groups in total. The second-order valence-corrected chi connectivity index (χ2v) is 6.23. The number of amides is 2. The number of carbonyl (C=O) groups is 3. The molecule has 1 aliphatic heterocycles. The molecule has 5 nitrogen and oxygen atoms in total. The molecular weight excluding hydrogens is 341 g/mol. The standard InChI is InChI=1S/C16H13Cl2NO4/c17-11-6-3-7-12(14(11)18)23-13(20)8-19-15(21)9-4-1-2-5-10(9)16(19)22/h1-3,6-7,9-10H,4-5,8H2/t9-,10+. The van der Waals surface area contributed by atoms with Crippen LogP contribution in [0, 0.1) is 11.8 Å². The summed E-state index contributed by atoms with van der Waals surface area (Å²) >= 11 is 11.8. The van der Waals surface area contributed by atoms with Crippen molar-refractivity contribution in [2.24, 2.45) is 11.8 Å². The fraction of sp³-hybridized carbons (Fsp3) is 0.312. The highest BCUT2D eigenvalue weighted by atomic mass is 35.5. The van der Waals surface area contributed by atoms with Gasteiger partial charge in [-0.15, -0.1) is 0 Å². The van der Waals surface area contributed by atoms with Gasteiger partial charge >= 0.3 is 5.97 Å². The van der Waals surface area contributed by atoms with Crippen LogP contribution in [-0.2, 0) is 14.4 Å². The Balaban J connectivity index is 1.70. The zero-order chi connectivity index (χ0) is 16.6. The Bertz CT molecular complexity index is 690. The second kappa shape index (κ2) is 6.34. The average molecular weight is 354 g/mol. The normalized spacial score (nSPS) is 23.1. The Hall–Kier alpha value is -1.85. The van der Waals surface area contributed by atoms with Crippen molar-refractivity contribution in [2.75, 3.05) is 6.54 Å². The Labute approximate surface area is 142 Å². The molecule has 2 atom stereocenters. The fourth-order valence-electron chi connectivity index (χ4n) is 2.87. The zero-order valence-corrected chi connectivity index (χ0v) is 13.5. The summed E-state index contributed by atoms with van der Waals surface area (Å²) in [6, 6.07) is 4.64. The van der Waals surface area contributed by atoms with Gasteiger partial charge in [-0.2, -0.15) is 0 Å². The lowest BCUT2D eigenvalue weighted by atomic mass is 9.85. The van der Waals surface area contributed by atoms with Gasteiger partial charge in [0.05, 0.1) is 16.9 Å². The largest absolute Gasteiger partial charge is 0.424 e. The number of hydrogen-bond acceptors (Lipinski definition) is 4. The molecule has 0 saturated carbocycles. The Morgan fingerprint density at radius 1 is 1.13 bits per heavy atom. The highest BCUT2D eigenvalue weighted by molar-refractivity contribution is 6.43. The number of hydrogen-bond donors (Lipinski definition) is 0. The molecule has 1 aliphatic carbocycles. The van der Waals surface area contributed by atoms with Crippen molar-refractivity contribution >= 4 is 41.0 Å². The van der Waals surface area contributed by atoms with E-state index in [1.54, 1.807) is 12.1 Å². The number of halogens is 2. The Kier molecular flexibility index (Phi) is 4.41. The first-order valence-electron chi connectivity index (χ1n) is 7.14. The average Bonchev–Trinajstić information content (AvgIpc) is 2.77. The van der Waals surface area contributed by atoms with Crippen molar-refractivity contribution in [3.63, 3.8) is 0 Å². The molecule has 1 aromatic rings. The number of imide groups is 1. The van der Waals surface area contributed by atoms with Crippen LogP contribution in [0.2, 0.25) is 10.0 Å². The number of carbonyl (C=O) groups excluding carboxylic acids is 3. The summed E-state index contributed by atoms with van der Waals surface area (Å²) < 4.78 is 5.12. The summed E-state index contributed by atoms with van der Waals surface area (Å²) in [6.07, 6.45) is 4.83. The molecule has 0 spiro atoms. The monoisotopic (exact) mass is 353 g/mol. The van der Waals surface area contributed by atoms with Gasteiger partial charge in [0.1, 0.15) is 11.6 Å². The molecule has 2 aliphatic rings. The predicted octanol–water partition coefficient (Wildman–Crippen LogP) is 2.85. The third kappa shape index (κ3) is 2.99. The predicted molar refractivity (Wildman–Crippen MR) is 84.2 cm³/mol. The van der Waals surface area contributed by atoms with E-state index in [1.165, 1.54) is 6.07 Å². The lowest BCUT2D eigenvalue weighted by Gasteiger charge is -2.14. The second-order valence-electron chi connectivity index (χ2n) is 5.44. The van der Waals surface area contributed by atoms with Gasteiger partial charge in [0.25, 0.3) is 0 Å². The van der Waals surface area contributed by atoms with Crippen LogP contribution in [0.25, 0.3) is 0 Å². The minimum Gasteiger partial charge on any atom is -0.424 e. The number of benzene rings is 1. The lowest BCUT2D eigenvalue weighted by Crippen LogP contribution is -2.37. The van der Waals surface area contributed by atoms with Crippen LogP contribution < -0.4 is 4.74 Å². The van der Waals surface area contributed by atoms with E-state index in [-0.39, 0.29) is 39.4 Å². The number of likely N-dealkylation sites (tertiary alicyclic amines) is 1. The molecule has 2 amide bonds. The van der Waals surface area contributed by atoms with Gasteiger partial charge in [0.15, 0.2) is 5.75 Å². The fourth-order valence-corrected chi connectivity index (χ4v) is 3.20. The van der Waals surface area contributed by atoms with Gasteiger partial charge in [0.2, 0.25) is 11.8 Å². The van der Waals surface area contributed by atoms with E-state index >= 15 is 0 Å². The summed E-state index contributed by atoms with van der Waals surface area (Å²) in [5.41, 5.74) is 0. The van der Waals surface area contributed by atoms with Crippen LogP contribution in [0.3, 0.4) is 0 Å². The molecule has 120 valence electrons. The maximum absolute atomic E-state index is 12.3. The summed E-state index contributed by atoms with van der Waals surface area (Å²) in [7, 11) is 0. The maximum atomic E-state index is 12.3. The molecule has 1 aromatic carbocycles. The van der Waals surface area contributed by atoms with E-state index in [1.807, 2.05) is 12.2 Å². The van der Waals surface area contributed by atoms with Crippen molar-refractivity contribution in [3.8, 4) is 5.75 Å². The van der Waals surface area contributed by atoms with E-state index in [0.29, 0.717) is 12.8 Å². The number of allylic oxidation sites excluding steroid dienone is 2. The van der Waals surface area contributed by atoms with E-state index in [2.05, 4.69) is 0 Å². The zero-order valence-electron chi connectivity index (χ0n) is 12.0. The van der Waals surface area contributed by atoms with Gasteiger partial charge in [-0.25, -0.2) is 4.79 Å². The van der Waals surface area contributed by atoms with E-state index in [0.717, 1.165) is 4.90 Å². The van der Waals surface area contributed by atoms with Crippen molar-refractivity contribution in [1.82, 2.24) is 4.90 Å². The summed E-state index contributed by atoms with van der Waals surface area (Å²) in [5.74, 6) is -2.01. The van der Waals surface area contributed by atoms with E-state index in [9.17, 15) is 14.4 Å². The molecule has 1 heterocycles. The minimum atomic E-state index is -0.734. The van der Waals surface area contributed by atoms with Crippen LogP contribution in [-0.4, -0.2) is 29.2 Å². The Morgan fingerprint density at radius 2 is 1.74 bits per heavy atom. The number of esters is 1. The van der Waals surface area contributed by atoms with Gasteiger partial charge in [-0.05, 0) is 25.0 Å². The van der Waals surface area contributed by atoms with Crippen LogP contribution >= 0.6 is 23.2 Å². The van der Waals surface area contributed by atoms with Crippen LogP contribution in [0.1, 0.15) is 12.8 Å². The van der Waals surface area contributed by atoms with Gasteiger partial charge in [-0.1, -0.05) is 41.4 Å². The molecule has 1 saturated heterocycles. The molecule has 7 heteroatoms. The topological polar surface area (TPSA) is 63.7 Å². The van der Waals surface area contributed by atoms with E-state index < -0.39 is 12.5 Å². The van der Waals surface area contributed by atoms with Crippen molar-refractivity contribution in [1.29, 1.82) is 0 Å². The van der Waals surface area contributed by atoms with Crippen LogP contribution in [0.15, 0.2) is 30.4 Å². The molecule has 0 unspecified atom stereocenters. The lowest BCUT2D eigenvalue weighted by molar-refractivity contribution is -0.148. The SMILES string of the molecule is O=C(CN1C(=O)[C@H]2CC=CC[C@H]2C1=O)Oc1cccc(Cl)c1Cl. The highest BCUT2D eigenvalue weighted by Gasteiger charge is 2.47. The molecule has 0 radical (unpaired) electrons. The van der Waals surface area contributed by atoms with Crippen LogP contribution in [0.4, 0.5) is 0 Å². The number of fused-ring (bicyclic) bond motifs is 1. The van der Waals surface area contributed by atoms with Gasteiger partial charge < -0.3 is 4.74 Å². The number of nitrogens with zero attached hydrogens (tertiary/aromatic N) is 1. The van der Waals surface area contributed by atoms with Gasteiger partial charge in [-0.3, -0.25) is 14.5 Å². The number of ether oxygens (including phenoxy) is 1. The van der Waals surface area contributed by atoms with Crippen molar-refractivity contribution in [3.05, 3.63) is 40.4 Å². The van der Waals surface area contributed by atoms with Crippen molar-refractivity contribution in [2.45, 2.75) is 12.8 Å². The first-order chi connectivity index (χ1) is 11.0. The molecular formula is C16H13Cl2NO4. The molecule has 23 heavy (non-hydrogen) atoms. The van der Waals surface area contributed by atoms with Crippen molar-refractivity contribution < 1.29 is 19.1 Å². The summed E-state index contributed by atoms with van der Waals surface area (Å²) in [5, 5.41) is 0.363. The first-order valence-corrected chi connectivity index (χ1v) is 7.89. The van der Waals surface area contributed by atoms with Crippen LogP contribution in [0.5, 0.6) is 5.75 Å². The molecule has 0 aromatic heterocycles. The van der Waals surface area contributed by atoms with E-state index in [4.69, 9.17) is 27.9 Å².